The fourth-order valence-corrected chi connectivity index (χ4v) is 0.871. The molecule has 1 unspecified atom stereocenters. The normalized spacial score (nSPS) is 23.2. The maximum atomic E-state index is 10.8. The van der Waals surface area contributed by atoms with Gasteiger partial charge in [-0.2, -0.15) is 0 Å². The number of hydroxylamine groups is 1. The molecule has 1 saturated heterocycles. The predicted octanol–water partition coefficient (Wildman–Crippen LogP) is -1.44. The molecule has 1 rings (SSSR count). The molecule has 0 bridgehead atoms. The summed E-state index contributed by atoms with van der Waals surface area (Å²) < 4.78 is 0. The van der Waals surface area contributed by atoms with Crippen LogP contribution in [0.15, 0.2) is 0 Å². The van der Waals surface area contributed by atoms with Crippen LogP contribution in [-0.4, -0.2) is 29.7 Å². The summed E-state index contributed by atoms with van der Waals surface area (Å²) in [4.78, 5) is 21.3. The molecule has 1 aliphatic heterocycles. The van der Waals surface area contributed by atoms with Crippen molar-refractivity contribution in [3.63, 3.8) is 0 Å². The third kappa shape index (κ3) is 1.89. The molecule has 6 heteroatoms. The van der Waals surface area contributed by atoms with Gasteiger partial charge in [-0.05, 0) is 6.42 Å². The molecule has 4 N–H and O–H groups in total. The largest absolute Gasteiger partial charge is 0.326 e. The minimum absolute atomic E-state index is 0.276. The highest BCUT2D eigenvalue weighted by molar-refractivity contribution is 6.04. The lowest BCUT2D eigenvalue weighted by molar-refractivity contribution is -0.120. The van der Waals surface area contributed by atoms with E-state index >= 15 is 0 Å². The van der Waals surface area contributed by atoms with Gasteiger partial charge in [0, 0.05) is 6.54 Å². The van der Waals surface area contributed by atoms with Crippen LogP contribution in [0.4, 0.5) is 4.79 Å². The highest BCUT2D eigenvalue weighted by Crippen LogP contribution is 1.96. The second-order valence-corrected chi connectivity index (χ2v) is 2.21. The van der Waals surface area contributed by atoms with Crippen molar-refractivity contribution in [2.75, 3.05) is 6.54 Å². The zero-order valence-corrected chi connectivity index (χ0v) is 5.76. The van der Waals surface area contributed by atoms with Crippen molar-refractivity contribution in [3.8, 4) is 0 Å². The Morgan fingerprint density at radius 1 is 1.55 bits per heavy atom. The summed E-state index contributed by atoms with van der Waals surface area (Å²) in [6, 6.07) is -0.986. The van der Waals surface area contributed by atoms with E-state index in [1.165, 1.54) is 0 Å². The van der Waals surface area contributed by atoms with Crippen molar-refractivity contribution in [2.45, 2.75) is 12.5 Å². The number of urea groups is 1. The number of carbonyl (C=O) groups is 2. The summed E-state index contributed by atoms with van der Waals surface area (Å²) in [5, 5.41) is 12.6. The van der Waals surface area contributed by atoms with Crippen molar-refractivity contribution in [2.24, 2.45) is 0 Å². The van der Waals surface area contributed by atoms with E-state index in [0.29, 0.717) is 6.42 Å². The molecule has 1 fully saturated rings. The number of carbonyl (C=O) groups excluding carboxylic acids is 2. The second kappa shape index (κ2) is 3.31. The van der Waals surface area contributed by atoms with E-state index in [-0.39, 0.29) is 12.5 Å². The molecule has 0 aromatic carbocycles. The number of imide groups is 1. The van der Waals surface area contributed by atoms with Crippen molar-refractivity contribution in [3.05, 3.63) is 0 Å². The van der Waals surface area contributed by atoms with Crippen LogP contribution in [0.3, 0.4) is 0 Å². The first-order valence-electron chi connectivity index (χ1n) is 3.22. The molecular weight excluding hydrogens is 150 g/mol. The fraction of sp³-hybridized carbons (Fsp3) is 0.600. The van der Waals surface area contributed by atoms with Gasteiger partial charge >= 0.3 is 6.03 Å². The molecule has 11 heavy (non-hydrogen) atoms. The third-order valence-electron chi connectivity index (χ3n) is 1.40. The zero-order chi connectivity index (χ0) is 8.27. The maximum absolute atomic E-state index is 10.8. The topological polar surface area (TPSA) is 90.5 Å². The SMILES string of the molecule is O=C1NC(=O)C(CCNO)N1. The van der Waals surface area contributed by atoms with E-state index in [4.69, 9.17) is 5.21 Å². The number of amides is 3. The van der Waals surface area contributed by atoms with Crippen LogP contribution < -0.4 is 16.1 Å². The second-order valence-electron chi connectivity index (χ2n) is 2.21. The van der Waals surface area contributed by atoms with Gasteiger partial charge in [0.2, 0.25) is 0 Å². The average Bonchev–Trinajstić information content (AvgIpc) is 2.26. The monoisotopic (exact) mass is 159 g/mol. The van der Waals surface area contributed by atoms with Crippen LogP contribution in [0.2, 0.25) is 0 Å². The molecule has 0 aromatic rings. The molecule has 1 atom stereocenters. The van der Waals surface area contributed by atoms with Gasteiger partial charge in [0.25, 0.3) is 5.91 Å². The Balaban J connectivity index is 2.34. The molecule has 62 valence electrons. The summed E-state index contributed by atoms with van der Waals surface area (Å²) in [7, 11) is 0. The molecule has 0 spiro atoms. The zero-order valence-electron chi connectivity index (χ0n) is 5.76. The lowest BCUT2D eigenvalue weighted by Crippen LogP contribution is -2.31. The van der Waals surface area contributed by atoms with Gasteiger partial charge in [-0.3, -0.25) is 10.1 Å². The minimum atomic E-state index is -0.512. The van der Waals surface area contributed by atoms with Crippen LogP contribution in [0.25, 0.3) is 0 Å². The molecule has 0 aliphatic carbocycles. The van der Waals surface area contributed by atoms with Crippen molar-refractivity contribution >= 4 is 11.9 Å². The van der Waals surface area contributed by atoms with E-state index < -0.39 is 12.1 Å². The summed E-state index contributed by atoms with van der Waals surface area (Å²) in [5.74, 6) is -0.342. The van der Waals surface area contributed by atoms with Crippen molar-refractivity contribution in [1.29, 1.82) is 0 Å². The van der Waals surface area contributed by atoms with Gasteiger partial charge in [0.1, 0.15) is 6.04 Å². The summed E-state index contributed by atoms with van der Waals surface area (Å²) >= 11 is 0. The summed E-state index contributed by atoms with van der Waals surface area (Å²) in [5.41, 5.74) is 1.90. The average molecular weight is 159 g/mol. The van der Waals surface area contributed by atoms with Gasteiger partial charge in [0.05, 0.1) is 0 Å². The van der Waals surface area contributed by atoms with E-state index in [1.54, 1.807) is 0 Å². The Morgan fingerprint density at radius 3 is 2.73 bits per heavy atom. The van der Waals surface area contributed by atoms with Crippen LogP contribution >= 0.6 is 0 Å². The van der Waals surface area contributed by atoms with E-state index in [9.17, 15) is 9.59 Å². The molecule has 0 radical (unpaired) electrons. The van der Waals surface area contributed by atoms with E-state index in [0.717, 1.165) is 0 Å². The van der Waals surface area contributed by atoms with Crippen LogP contribution in [0, 0.1) is 0 Å². The quantitative estimate of drug-likeness (QED) is 0.300. The van der Waals surface area contributed by atoms with E-state index in [1.807, 2.05) is 5.48 Å². The number of rotatable bonds is 3. The van der Waals surface area contributed by atoms with Gasteiger partial charge < -0.3 is 10.5 Å². The Kier molecular flexibility index (Phi) is 2.40. The standard InChI is InChI=1S/C5H9N3O3/c9-4-3(1-2-6-11)7-5(10)8-4/h3,6,11H,1-2H2,(H2,7,8,9,10). The molecule has 0 saturated carbocycles. The van der Waals surface area contributed by atoms with Crippen molar-refractivity contribution in [1.82, 2.24) is 16.1 Å². The molecule has 0 aromatic heterocycles. The van der Waals surface area contributed by atoms with Crippen LogP contribution in [0.1, 0.15) is 6.42 Å². The maximum Gasteiger partial charge on any atom is 0.322 e. The number of nitrogens with one attached hydrogen (secondary N) is 3. The summed E-state index contributed by atoms with van der Waals surface area (Å²) in [6.07, 6.45) is 0.383. The first-order chi connectivity index (χ1) is 5.24. The molecule has 6 nitrogen and oxygen atoms in total. The lowest BCUT2D eigenvalue weighted by Gasteiger charge is -2.03. The minimum Gasteiger partial charge on any atom is -0.326 e. The van der Waals surface area contributed by atoms with Gasteiger partial charge in [-0.25, -0.2) is 10.3 Å². The van der Waals surface area contributed by atoms with Crippen molar-refractivity contribution < 1.29 is 14.8 Å². The predicted molar refractivity (Wildman–Crippen MR) is 34.9 cm³/mol. The Labute approximate surface area is 62.9 Å². The molecular formula is C5H9N3O3. The smallest absolute Gasteiger partial charge is 0.322 e. The van der Waals surface area contributed by atoms with Crippen LogP contribution in [0.5, 0.6) is 0 Å². The summed E-state index contributed by atoms with van der Waals surface area (Å²) in [6.45, 7) is 0.276. The Bertz CT molecular complexity index is 182. The Hall–Kier alpha value is -1.14. The molecule has 3 amide bonds. The van der Waals surface area contributed by atoms with Gasteiger partial charge in [-0.1, -0.05) is 0 Å². The fourth-order valence-electron chi connectivity index (χ4n) is 0.871. The van der Waals surface area contributed by atoms with Crippen LogP contribution in [-0.2, 0) is 4.79 Å². The number of hydrogen-bond acceptors (Lipinski definition) is 4. The van der Waals surface area contributed by atoms with E-state index in [2.05, 4.69) is 10.6 Å². The highest BCUT2D eigenvalue weighted by Gasteiger charge is 2.28. The first kappa shape index (κ1) is 7.96. The number of hydrogen-bond donors (Lipinski definition) is 4. The third-order valence-corrected chi connectivity index (χ3v) is 1.40. The lowest BCUT2D eigenvalue weighted by atomic mass is 10.2. The molecule has 1 aliphatic rings. The molecule has 1 heterocycles. The van der Waals surface area contributed by atoms with Gasteiger partial charge in [-0.15, -0.1) is 0 Å². The highest BCUT2D eigenvalue weighted by atomic mass is 16.5. The first-order valence-corrected chi connectivity index (χ1v) is 3.22. The Morgan fingerprint density at radius 2 is 2.27 bits per heavy atom. The van der Waals surface area contributed by atoms with Gasteiger partial charge in [0.15, 0.2) is 0 Å².